The number of phenolic OH excluding ortho intramolecular Hbond substituents is 1. The molecule has 0 radical (unpaired) electrons. The fourth-order valence-corrected chi connectivity index (χ4v) is 1.82. The zero-order chi connectivity index (χ0) is 16.8. The number of aromatic hydroxyl groups is 1. The second-order valence-corrected chi connectivity index (χ2v) is 4.67. The number of hydrazone groups is 1. The van der Waals surface area contributed by atoms with E-state index in [-0.39, 0.29) is 17.1 Å². The number of nitrogens with zero attached hydrogens (tertiary/aromatic N) is 1. The van der Waals surface area contributed by atoms with Gasteiger partial charge in [-0.15, -0.1) is 0 Å². The molecular formula is C16H14F2N2O3. The topological polar surface area (TPSA) is 70.9 Å². The number of carbonyl (C=O) groups is 1. The summed E-state index contributed by atoms with van der Waals surface area (Å²) < 4.78 is 28.5. The van der Waals surface area contributed by atoms with Gasteiger partial charge in [-0.2, -0.15) is 13.9 Å². The van der Waals surface area contributed by atoms with Crippen LogP contribution in [-0.2, 0) is 0 Å². The number of halogens is 2. The van der Waals surface area contributed by atoms with Crippen molar-refractivity contribution in [2.75, 3.05) is 0 Å². The van der Waals surface area contributed by atoms with Crippen molar-refractivity contribution >= 4 is 12.1 Å². The van der Waals surface area contributed by atoms with Crippen LogP contribution in [0.15, 0.2) is 47.6 Å². The SMILES string of the molecule is Cc1ccc(O)c(/C=N/NC(=O)c2cccc(OC(F)F)c2)c1. The summed E-state index contributed by atoms with van der Waals surface area (Å²) in [6, 6.07) is 10.3. The van der Waals surface area contributed by atoms with E-state index in [0.29, 0.717) is 5.56 Å². The molecule has 0 bridgehead atoms. The van der Waals surface area contributed by atoms with Crippen molar-refractivity contribution in [3.8, 4) is 11.5 Å². The average molecular weight is 320 g/mol. The number of alkyl halides is 2. The number of hydrogen-bond acceptors (Lipinski definition) is 4. The Morgan fingerprint density at radius 3 is 2.83 bits per heavy atom. The molecule has 0 saturated carbocycles. The Bertz CT molecular complexity index is 733. The van der Waals surface area contributed by atoms with Gasteiger partial charge in [-0.05, 0) is 37.3 Å². The van der Waals surface area contributed by atoms with Crippen LogP contribution >= 0.6 is 0 Å². The van der Waals surface area contributed by atoms with Gasteiger partial charge in [-0.3, -0.25) is 4.79 Å². The summed E-state index contributed by atoms with van der Waals surface area (Å²) in [4.78, 5) is 11.9. The first-order valence-corrected chi connectivity index (χ1v) is 6.63. The van der Waals surface area contributed by atoms with E-state index in [1.165, 1.54) is 36.5 Å². The summed E-state index contributed by atoms with van der Waals surface area (Å²) in [7, 11) is 0. The molecular weight excluding hydrogens is 306 g/mol. The minimum Gasteiger partial charge on any atom is -0.507 e. The van der Waals surface area contributed by atoms with Crippen LogP contribution in [0.2, 0.25) is 0 Å². The highest BCUT2D eigenvalue weighted by Gasteiger charge is 2.09. The van der Waals surface area contributed by atoms with Gasteiger partial charge in [0.2, 0.25) is 0 Å². The quantitative estimate of drug-likeness (QED) is 0.657. The molecule has 2 aromatic carbocycles. The third-order valence-electron chi connectivity index (χ3n) is 2.87. The van der Waals surface area contributed by atoms with Crippen LogP contribution < -0.4 is 10.2 Å². The van der Waals surface area contributed by atoms with Crippen LogP contribution in [-0.4, -0.2) is 23.8 Å². The lowest BCUT2D eigenvalue weighted by Gasteiger charge is -2.06. The fraction of sp³-hybridized carbons (Fsp3) is 0.125. The molecule has 5 nitrogen and oxygen atoms in total. The Hall–Kier alpha value is -2.96. The van der Waals surface area contributed by atoms with Crippen LogP contribution in [0.1, 0.15) is 21.5 Å². The summed E-state index contributed by atoms with van der Waals surface area (Å²) in [5.74, 6) is -0.679. The maximum absolute atomic E-state index is 12.1. The van der Waals surface area contributed by atoms with E-state index < -0.39 is 12.5 Å². The Morgan fingerprint density at radius 2 is 2.09 bits per heavy atom. The Labute approximate surface area is 131 Å². The van der Waals surface area contributed by atoms with Crippen molar-refractivity contribution in [1.82, 2.24) is 5.43 Å². The summed E-state index contributed by atoms with van der Waals surface area (Å²) in [5.41, 5.74) is 3.74. The number of amides is 1. The maximum Gasteiger partial charge on any atom is 0.387 e. The van der Waals surface area contributed by atoms with E-state index in [4.69, 9.17) is 0 Å². The molecule has 0 spiro atoms. The number of nitrogens with one attached hydrogen (secondary N) is 1. The number of phenols is 1. The molecule has 0 aliphatic rings. The Kier molecular flexibility index (Phi) is 5.24. The van der Waals surface area contributed by atoms with Crippen molar-refractivity contribution in [3.63, 3.8) is 0 Å². The zero-order valence-corrected chi connectivity index (χ0v) is 12.2. The molecule has 0 aromatic heterocycles. The first-order chi connectivity index (χ1) is 11.0. The van der Waals surface area contributed by atoms with Crippen LogP contribution in [0.25, 0.3) is 0 Å². The predicted octanol–water partition coefficient (Wildman–Crippen LogP) is 3.07. The van der Waals surface area contributed by atoms with E-state index in [1.54, 1.807) is 12.1 Å². The standard InChI is InChI=1S/C16H14F2N2O3/c1-10-5-6-14(21)12(7-10)9-19-20-15(22)11-3-2-4-13(8-11)23-16(17)18/h2-9,16,21H,1H3,(H,20,22)/b19-9+. The number of carbonyl (C=O) groups excluding carboxylic acids is 1. The summed E-state index contributed by atoms with van der Waals surface area (Å²) >= 11 is 0. The molecule has 0 saturated heterocycles. The van der Waals surface area contributed by atoms with Crippen molar-refractivity contribution in [2.24, 2.45) is 5.10 Å². The van der Waals surface area contributed by atoms with E-state index in [0.717, 1.165) is 5.56 Å². The Balaban J connectivity index is 2.04. The van der Waals surface area contributed by atoms with Crippen molar-refractivity contribution in [2.45, 2.75) is 13.5 Å². The van der Waals surface area contributed by atoms with Crippen molar-refractivity contribution in [3.05, 3.63) is 59.2 Å². The van der Waals surface area contributed by atoms with Crippen LogP contribution in [0.5, 0.6) is 11.5 Å². The molecule has 0 fully saturated rings. The van der Waals surface area contributed by atoms with Gasteiger partial charge < -0.3 is 9.84 Å². The molecule has 2 rings (SSSR count). The third kappa shape index (κ3) is 4.77. The van der Waals surface area contributed by atoms with E-state index >= 15 is 0 Å². The van der Waals surface area contributed by atoms with Crippen LogP contribution in [0, 0.1) is 6.92 Å². The highest BCUT2D eigenvalue weighted by atomic mass is 19.3. The summed E-state index contributed by atoms with van der Waals surface area (Å²) in [6.45, 7) is -1.11. The summed E-state index contributed by atoms with van der Waals surface area (Å²) in [6.07, 6.45) is 1.29. The van der Waals surface area contributed by atoms with E-state index in [2.05, 4.69) is 15.3 Å². The molecule has 1 amide bonds. The first kappa shape index (κ1) is 16.4. The Morgan fingerprint density at radius 1 is 1.30 bits per heavy atom. The zero-order valence-electron chi connectivity index (χ0n) is 12.2. The van der Waals surface area contributed by atoms with Gasteiger partial charge in [0.25, 0.3) is 5.91 Å². The second kappa shape index (κ2) is 7.35. The molecule has 2 N–H and O–H groups in total. The number of aryl methyl sites for hydroxylation is 1. The first-order valence-electron chi connectivity index (χ1n) is 6.63. The van der Waals surface area contributed by atoms with Crippen molar-refractivity contribution in [1.29, 1.82) is 0 Å². The molecule has 0 aliphatic carbocycles. The second-order valence-electron chi connectivity index (χ2n) is 4.67. The van der Waals surface area contributed by atoms with Gasteiger partial charge in [0.1, 0.15) is 11.5 Å². The lowest BCUT2D eigenvalue weighted by Crippen LogP contribution is -2.17. The molecule has 0 unspecified atom stereocenters. The molecule has 0 heterocycles. The van der Waals surface area contributed by atoms with Gasteiger partial charge in [0.05, 0.1) is 6.21 Å². The predicted molar refractivity (Wildman–Crippen MR) is 81.0 cm³/mol. The van der Waals surface area contributed by atoms with Gasteiger partial charge in [-0.25, -0.2) is 5.43 Å². The number of ether oxygens (including phenoxy) is 1. The van der Waals surface area contributed by atoms with Crippen molar-refractivity contribution < 1.29 is 23.4 Å². The van der Waals surface area contributed by atoms with Gasteiger partial charge >= 0.3 is 6.61 Å². The average Bonchev–Trinajstić information content (AvgIpc) is 2.50. The molecule has 120 valence electrons. The lowest BCUT2D eigenvalue weighted by molar-refractivity contribution is -0.0498. The monoisotopic (exact) mass is 320 g/mol. The number of benzene rings is 2. The fourth-order valence-electron chi connectivity index (χ4n) is 1.82. The highest BCUT2D eigenvalue weighted by Crippen LogP contribution is 2.17. The maximum atomic E-state index is 12.1. The van der Waals surface area contributed by atoms with Crippen LogP contribution in [0.4, 0.5) is 8.78 Å². The lowest BCUT2D eigenvalue weighted by atomic mass is 10.1. The minimum atomic E-state index is -2.96. The summed E-state index contributed by atoms with van der Waals surface area (Å²) in [5, 5.41) is 13.4. The molecule has 0 atom stereocenters. The van der Waals surface area contributed by atoms with Gasteiger partial charge in [-0.1, -0.05) is 17.7 Å². The van der Waals surface area contributed by atoms with E-state index in [1.807, 2.05) is 6.92 Å². The smallest absolute Gasteiger partial charge is 0.387 e. The largest absolute Gasteiger partial charge is 0.507 e. The van der Waals surface area contributed by atoms with Crippen LogP contribution in [0.3, 0.4) is 0 Å². The van der Waals surface area contributed by atoms with Gasteiger partial charge in [0, 0.05) is 11.1 Å². The molecule has 23 heavy (non-hydrogen) atoms. The van der Waals surface area contributed by atoms with Gasteiger partial charge in [0.15, 0.2) is 0 Å². The number of hydrogen-bond donors (Lipinski definition) is 2. The van der Waals surface area contributed by atoms with E-state index in [9.17, 15) is 18.7 Å². The third-order valence-corrected chi connectivity index (χ3v) is 2.87. The normalized spacial score (nSPS) is 11.0. The highest BCUT2D eigenvalue weighted by molar-refractivity contribution is 5.95. The molecule has 0 aliphatic heterocycles. The minimum absolute atomic E-state index is 0.0286. The number of rotatable bonds is 5. The molecule has 7 heteroatoms. The molecule has 2 aromatic rings.